The molecule has 0 aliphatic heterocycles. The third kappa shape index (κ3) is 8.11. The Bertz CT molecular complexity index is 1230. The molecule has 0 aliphatic rings. The van der Waals surface area contributed by atoms with Crippen LogP contribution in [0.25, 0.3) is 6.08 Å². The number of sulfonamides is 1. The lowest BCUT2D eigenvalue weighted by molar-refractivity contribution is -0.115. The summed E-state index contributed by atoms with van der Waals surface area (Å²) < 4.78 is 27.6. The van der Waals surface area contributed by atoms with Crippen LogP contribution in [0.1, 0.15) is 11.1 Å². The number of benzene rings is 3. The number of anilines is 1. The van der Waals surface area contributed by atoms with Crippen molar-refractivity contribution in [2.75, 3.05) is 11.9 Å². The van der Waals surface area contributed by atoms with Crippen molar-refractivity contribution in [2.45, 2.75) is 11.3 Å². The van der Waals surface area contributed by atoms with Crippen molar-refractivity contribution in [3.63, 3.8) is 0 Å². The molecule has 0 spiro atoms. The van der Waals surface area contributed by atoms with Crippen LogP contribution in [-0.2, 0) is 21.2 Å². The maximum absolute atomic E-state index is 12.5. The quantitative estimate of drug-likeness (QED) is 0.316. The molecule has 0 saturated carbocycles. The van der Waals surface area contributed by atoms with Crippen LogP contribution < -0.4 is 15.4 Å². The highest BCUT2D eigenvalue weighted by Crippen LogP contribution is 2.14. The van der Waals surface area contributed by atoms with Crippen LogP contribution in [0.4, 0.5) is 5.69 Å². The molecule has 3 rings (SSSR count). The molecule has 0 atom stereocenters. The molecule has 0 radical (unpaired) electrons. The van der Waals surface area contributed by atoms with E-state index >= 15 is 0 Å². The van der Waals surface area contributed by atoms with Crippen LogP contribution in [0.3, 0.4) is 0 Å². The average molecular weight is 500 g/mol. The average Bonchev–Trinajstić information content (AvgIpc) is 2.79. The zero-order chi connectivity index (χ0) is 23.7. The monoisotopic (exact) mass is 499 g/mol. The van der Waals surface area contributed by atoms with Crippen molar-refractivity contribution in [3.8, 4) is 0 Å². The van der Waals surface area contributed by atoms with Gasteiger partial charge < -0.3 is 5.32 Å². The molecule has 9 heteroatoms. The van der Waals surface area contributed by atoms with Gasteiger partial charge in [-0.1, -0.05) is 54.1 Å². The van der Waals surface area contributed by atoms with Gasteiger partial charge in [0.1, 0.15) is 0 Å². The summed E-state index contributed by atoms with van der Waals surface area (Å²) in [5.41, 5.74) is 2.42. The van der Waals surface area contributed by atoms with Gasteiger partial charge in [0.25, 0.3) is 0 Å². The van der Waals surface area contributed by atoms with Gasteiger partial charge in [0.05, 0.1) is 4.90 Å². The second-order valence-electron chi connectivity index (χ2n) is 6.99. The highest BCUT2D eigenvalue weighted by Gasteiger charge is 2.13. The van der Waals surface area contributed by atoms with Crippen LogP contribution in [0.5, 0.6) is 0 Å². The molecule has 0 fully saturated rings. The van der Waals surface area contributed by atoms with E-state index in [1.807, 2.05) is 30.3 Å². The molecule has 6 nitrogen and oxygen atoms in total. The molecular formula is C24H22ClN3O3S2. The Kier molecular flexibility index (Phi) is 8.73. The van der Waals surface area contributed by atoms with Crippen molar-refractivity contribution in [2.24, 2.45) is 0 Å². The van der Waals surface area contributed by atoms with Crippen molar-refractivity contribution in [3.05, 3.63) is 101 Å². The first-order chi connectivity index (χ1) is 15.8. The third-order valence-corrected chi connectivity index (χ3v) is 6.44. The molecule has 0 heterocycles. The van der Waals surface area contributed by atoms with Crippen LogP contribution in [-0.4, -0.2) is 26.0 Å². The number of carbonyl (C=O) groups is 1. The largest absolute Gasteiger partial charge is 0.332 e. The number of carbonyl (C=O) groups excluding carboxylic acids is 1. The Labute approximate surface area is 203 Å². The number of hydrogen-bond acceptors (Lipinski definition) is 4. The first kappa shape index (κ1) is 24.6. The Balaban J connectivity index is 1.49. The standard InChI is InChI=1S/C24H22ClN3O3S2/c25-20-9-6-19(7-10-20)8-15-23(29)28-24(32)27-21-11-13-22(14-12-21)33(30,31)26-17-16-18-4-2-1-3-5-18/h1-15,26H,16-17H2,(H2,27,28,29,32)/b15-8+. The van der Waals surface area contributed by atoms with Gasteiger partial charge in [0, 0.05) is 23.3 Å². The lowest BCUT2D eigenvalue weighted by Crippen LogP contribution is -2.32. The maximum Gasteiger partial charge on any atom is 0.250 e. The van der Waals surface area contributed by atoms with Crippen LogP contribution in [0.2, 0.25) is 5.02 Å². The summed E-state index contributed by atoms with van der Waals surface area (Å²) in [6.07, 6.45) is 3.59. The van der Waals surface area contributed by atoms with E-state index in [0.29, 0.717) is 23.7 Å². The van der Waals surface area contributed by atoms with Crippen LogP contribution in [0.15, 0.2) is 89.8 Å². The van der Waals surface area contributed by atoms with Crippen molar-refractivity contribution >= 4 is 56.6 Å². The first-order valence-corrected chi connectivity index (χ1v) is 12.3. The normalized spacial score (nSPS) is 11.3. The number of thiocarbonyl (C=S) groups is 1. The highest BCUT2D eigenvalue weighted by atomic mass is 35.5. The lowest BCUT2D eigenvalue weighted by Gasteiger charge is -2.10. The molecule has 170 valence electrons. The number of rotatable bonds is 8. The van der Waals surface area contributed by atoms with E-state index < -0.39 is 15.9 Å². The predicted octanol–water partition coefficient (Wildman–Crippen LogP) is 4.39. The van der Waals surface area contributed by atoms with E-state index in [-0.39, 0.29) is 10.0 Å². The summed E-state index contributed by atoms with van der Waals surface area (Å²) in [5.74, 6) is -0.399. The maximum atomic E-state index is 12.5. The molecule has 3 aromatic rings. The summed E-state index contributed by atoms with van der Waals surface area (Å²) >= 11 is 11.0. The first-order valence-electron chi connectivity index (χ1n) is 10.0. The van der Waals surface area contributed by atoms with Gasteiger partial charge in [-0.3, -0.25) is 10.1 Å². The van der Waals surface area contributed by atoms with Crippen LogP contribution in [0, 0.1) is 0 Å². The van der Waals surface area contributed by atoms with Gasteiger partial charge in [-0.15, -0.1) is 0 Å². The minimum Gasteiger partial charge on any atom is -0.332 e. The molecule has 1 amide bonds. The molecule has 0 unspecified atom stereocenters. The van der Waals surface area contributed by atoms with Gasteiger partial charge in [0.2, 0.25) is 15.9 Å². The fraction of sp³-hybridized carbons (Fsp3) is 0.0833. The zero-order valence-corrected chi connectivity index (χ0v) is 19.9. The van der Waals surface area contributed by atoms with E-state index in [4.69, 9.17) is 23.8 Å². The van der Waals surface area contributed by atoms with Crippen molar-refractivity contribution < 1.29 is 13.2 Å². The minimum atomic E-state index is -3.63. The molecule has 0 aliphatic carbocycles. The fourth-order valence-electron chi connectivity index (χ4n) is 2.84. The summed E-state index contributed by atoms with van der Waals surface area (Å²) in [6.45, 7) is 0.298. The Morgan fingerprint density at radius 1 is 0.939 bits per heavy atom. The van der Waals surface area contributed by atoms with Gasteiger partial charge in [-0.05, 0) is 72.2 Å². The third-order valence-electron chi connectivity index (χ3n) is 4.50. The minimum absolute atomic E-state index is 0.0948. The molecule has 0 saturated heterocycles. The van der Waals surface area contributed by atoms with Gasteiger partial charge >= 0.3 is 0 Å². The topological polar surface area (TPSA) is 87.3 Å². The van der Waals surface area contributed by atoms with Gasteiger partial charge in [0.15, 0.2) is 5.11 Å². The van der Waals surface area contributed by atoms with Crippen molar-refractivity contribution in [1.29, 1.82) is 0 Å². The summed E-state index contributed by atoms with van der Waals surface area (Å²) in [5, 5.41) is 6.10. The highest BCUT2D eigenvalue weighted by molar-refractivity contribution is 7.89. The van der Waals surface area contributed by atoms with Gasteiger partial charge in [-0.25, -0.2) is 13.1 Å². The van der Waals surface area contributed by atoms with E-state index in [2.05, 4.69) is 15.4 Å². The Hall–Kier alpha value is -3.04. The SMILES string of the molecule is O=C(/C=C/c1ccc(Cl)cc1)NC(=S)Nc1ccc(S(=O)(=O)NCCc2ccccc2)cc1. The number of amides is 1. The predicted molar refractivity (Wildman–Crippen MR) is 137 cm³/mol. The zero-order valence-electron chi connectivity index (χ0n) is 17.5. The van der Waals surface area contributed by atoms with E-state index in [1.54, 1.807) is 42.5 Å². The molecule has 33 heavy (non-hydrogen) atoms. The second kappa shape index (κ2) is 11.7. The summed E-state index contributed by atoms with van der Waals surface area (Å²) in [7, 11) is -3.63. The fourth-order valence-corrected chi connectivity index (χ4v) is 4.21. The van der Waals surface area contributed by atoms with E-state index in [0.717, 1.165) is 11.1 Å². The van der Waals surface area contributed by atoms with E-state index in [9.17, 15) is 13.2 Å². The number of nitrogens with one attached hydrogen (secondary N) is 3. The smallest absolute Gasteiger partial charge is 0.250 e. The van der Waals surface area contributed by atoms with Crippen LogP contribution >= 0.6 is 23.8 Å². The molecular weight excluding hydrogens is 478 g/mol. The summed E-state index contributed by atoms with van der Waals surface area (Å²) in [6, 6.07) is 22.8. The number of hydrogen-bond donors (Lipinski definition) is 3. The lowest BCUT2D eigenvalue weighted by atomic mass is 10.2. The summed E-state index contributed by atoms with van der Waals surface area (Å²) in [4.78, 5) is 12.2. The second-order valence-corrected chi connectivity index (χ2v) is 9.60. The molecule has 0 aromatic heterocycles. The molecule has 0 bridgehead atoms. The Morgan fingerprint density at radius 3 is 2.27 bits per heavy atom. The van der Waals surface area contributed by atoms with E-state index in [1.165, 1.54) is 18.2 Å². The van der Waals surface area contributed by atoms with Crippen molar-refractivity contribution in [1.82, 2.24) is 10.0 Å². The van der Waals surface area contributed by atoms with Gasteiger partial charge in [-0.2, -0.15) is 0 Å². The molecule has 3 N–H and O–H groups in total. The molecule has 3 aromatic carbocycles. The Morgan fingerprint density at radius 2 is 1.61 bits per heavy atom. The number of halogens is 1.